The number of anilines is 2. The fraction of sp³-hybridized carbons (Fsp3) is 0.538. The maximum absolute atomic E-state index is 12.5. The number of halogens is 3. The smallest absolute Gasteiger partial charge is 0.397 e. The van der Waals surface area contributed by atoms with Crippen molar-refractivity contribution in [3.63, 3.8) is 0 Å². The third-order valence-electron chi connectivity index (χ3n) is 3.47. The molecular weight excluding hydrogens is 241 g/mol. The minimum atomic E-state index is -4.33. The summed E-state index contributed by atoms with van der Waals surface area (Å²) in [5.74, 6) is 0. The fourth-order valence-corrected chi connectivity index (χ4v) is 2.45. The molecule has 0 saturated carbocycles. The van der Waals surface area contributed by atoms with Gasteiger partial charge in [0.05, 0.1) is 16.9 Å². The molecule has 18 heavy (non-hydrogen) atoms. The Balaban J connectivity index is 2.29. The topological polar surface area (TPSA) is 29.3 Å². The fourth-order valence-electron chi connectivity index (χ4n) is 2.45. The molecule has 5 heteroatoms. The van der Waals surface area contributed by atoms with Gasteiger partial charge in [-0.05, 0) is 44.4 Å². The maximum Gasteiger partial charge on any atom is 0.416 e. The Hall–Kier alpha value is -1.39. The van der Waals surface area contributed by atoms with Gasteiger partial charge in [0.2, 0.25) is 0 Å². The molecule has 1 saturated heterocycles. The Morgan fingerprint density at radius 1 is 1.28 bits per heavy atom. The minimum Gasteiger partial charge on any atom is -0.397 e. The first-order chi connectivity index (χ1) is 8.39. The molecule has 1 aromatic rings. The van der Waals surface area contributed by atoms with E-state index in [-0.39, 0.29) is 5.69 Å². The van der Waals surface area contributed by atoms with E-state index in [0.717, 1.165) is 43.6 Å². The number of nitrogens with two attached hydrogens (primary N) is 1. The first-order valence-corrected chi connectivity index (χ1v) is 6.13. The van der Waals surface area contributed by atoms with E-state index in [1.54, 1.807) is 0 Å². The summed E-state index contributed by atoms with van der Waals surface area (Å²) in [7, 11) is 0. The van der Waals surface area contributed by atoms with Crippen LogP contribution >= 0.6 is 0 Å². The lowest BCUT2D eigenvalue weighted by atomic mass is 10.0. The first-order valence-electron chi connectivity index (χ1n) is 6.13. The number of nitrogen functional groups attached to an aromatic ring is 1. The van der Waals surface area contributed by atoms with Crippen molar-refractivity contribution in [3.8, 4) is 0 Å². The van der Waals surface area contributed by atoms with Crippen LogP contribution in [0.1, 0.15) is 31.7 Å². The number of hydrogen-bond donors (Lipinski definition) is 1. The Morgan fingerprint density at radius 3 is 2.56 bits per heavy atom. The van der Waals surface area contributed by atoms with Crippen LogP contribution in [0.4, 0.5) is 24.5 Å². The third-order valence-corrected chi connectivity index (χ3v) is 3.47. The van der Waals surface area contributed by atoms with Crippen molar-refractivity contribution in [2.75, 3.05) is 17.2 Å². The van der Waals surface area contributed by atoms with Crippen LogP contribution in [-0.4, -0.2) is 12.6 Å². The molecule has 2 N–H and O–H groups in total. The molecular formula is C13H17F3N2. The summed E-state index contributed by atoms with van der Waals surface area (Å²) in [6.07, 6.45) is -1.05. The molecule has 0 radical (unpaired) electrons. The van der Waals surface area contributed by atoms with Crippen molar-refractivity contribution in [1.82, 2.24) is 0 Å². The van der Waals surface area contributed by atoms with Crippen molar-refractivity contribution in [2.24, 2.45) is 0 Å². The normalized spacial score (nSPS) is 21.1. The number of benzene rings is 1. The summed E-state index contributed by atoms with van der Waals surface area (Å²) >= 11 is 0. The zero-order valence-corrected chi connectivity index (χ0v) is 10.3. The summed E-state index contributed by atoms with van der Waals surface area (Å²) in [6, 6.07) is 3.95. The van der Waals surface area contributed by atoms with Crippen LogP contribution in [0.25, 0.3) is 0 Å². The lowest BCUT2D eigenvalue weighted by Crippen LogP contribution is -2.37. The highest BCUT2D eigenvalue weighted by atomic mass is 19.4. The average Bonchev–Trinajstić information content (AvgIpc) is 2.29. The van der Waals surface area contributed by atoms with Crippen molar-refractivity contribution >= 4 is 11.4 Å². The molecule has 0 amide bonds. The molecule has 0 aromatic heterocycles. The lowest BCUT2D eigenvalue weighted by Gasteiger charge is -2.36. The van der Waals surface area contributed by atoms with Crippen LogP contribution in [0.5, 0.6) is 0 Å². The van der Waals surface area contributed by atoms with E-state index < -0.39 is 11.7 Å². The molecule has 0 spiro atoms. The Morgan fingerprint density at radius 2 is 2.00 bits per heavy atom. The Labute approximate surface area is 105 Å². The largest absolute Gasteiger partial charge is 0.416 e. The standard InChI is InChI=1S/C13H17F3N2/c1-9-4-2-3-7-18(9)12-6-5-10(8-11(12)17)13(14,15)16/h5-6,8-9H,2-4,7,17H2,1H3/t9-/m1/s1. The summed E-state index contributed by atoms with van der Waals surface area (Å²) < 4.78 is 37.6. The molecule has 0 aliphatic carbocycles. The molecule has 0 bridgehead atoms. The van der Waals surface area contributed by atoms with Crippen LogP contribution in [0.15, 0.2) is 18.2 Å². The molecule has 2 rings (SSSR count). The molecule has 1 aliphatic heterocycles. The van der Waals surface area contributed by atoms with E-state index in [9.17, 15) is 13.2 Å². The average molecular weight is 258 g/mol. The lowest BCUT2D eigenvalue weighted by molar-refractivity contribution is -0.137. The van der Waals surface area contributed by atoms with E-state index in [1.807, 2.05) is 0 Å². The SMILES string of the molecule is C[C@@H]1CCCCN1c1ccc(C(F)(F)F)cc1N. The zero-order chi connectivity index (χ0) is 13.3. The summed E-state index contributed by atoms with van der Waals surface area (Å²) in [5.41, 5.74) is 6.01. The van der Waals surface area contributed by atoms with Gasteiger partial charge in [-0.2, -0.15) is 13.2 Å². The van der Waals surface area contributed by atoms with Gasteiger partial charge in [0.15, 0.2) is 0 Å². The van der Waals surface area contributed by atoms with Gasteiger partial charge in [-0.3, -0.25) is 0 Å². The van der Waals surface area contributed by atoms with Crippen molar-refractivity contribution in [2.45, 2.75) is 38.4 Å². The highest BCUT2D eigenvalue weighted by molar-refractivity contribution is 5.69. The minimum absolute atomic E-state index is 0.207. The highest BCUT2D eigenvalue weighted by Crippen LogP contribution is 2.35. The molecule has 1 atom stereocenters. The van der Waals surface area contributed by atoms with Crippen LogP contribution in [0, 0.1) is 0 Å². The van der Waals surface area contributed by atoms with Gasteiger partial charge in [0.25, 0.3) is 0 Å². The molecule has 1 fully saturated rings. The van der Waals surface area contributed by atoms with E-state index in [0.29, 0.717) is 6.04 Å². The van der Waals surface area contributed by atoms with Crippen LogP contribution in [0.2, 0.25) is 0 Å². The Bertz CT molecular complexity index is 429. The number of hydrogen-bond acceptors (Lipinski definition) is 2. The third kappa shape index (κ3) is 2.54. The molecule has 0 unspecified atom stereocenters. The molecule has 1 aromatic carbocycles. The van der Waals surface area contributed by atoms with E-state index in [2.05, 4.69) is 11.8 Å². The van der Waals surface area contributed by atoms with Gasteiger partial charge in [-0.1, -0.05) is 0 Å². The van der Waals surface area contributed by atoms with E-state index >= 15 is 0 Å². The molecule has 1 aliphatic rings. The van der Waals surface area contributed by atoms with Gasteiger partial charge >= 0.3 is 6.18 Å². The van der Waals surface area contributed by atoms with Gasteiger partial charge in [-0.15, -0.1) is 0 Å². The highest BCUT2D eigenvalue weighted by Gasteiger charge is 2.31. The van der Waals surface area contributed by atoms with Crippen molar-refractivity contribution in [3.05, 3.63) is 23.8 Å². The summed E-state index contributed by atoms with van der Waals surface area (Å²) in [6.45, 7) is 2.94. The quantitative estimate of drug-likeness (QED) is 0.779. The van der Waals surface area contributed by atoms with Crippen molar-refractivity contribution < 1.29 is 13.2 Å². The molecule has 2 nitrogen and oxygen atoms in total. The predicted octanol–water partition coefficient (Wildman–Crippen LogP) is 3.67. The summed E-state index contributed by atoms with van der Waals surface area (Å²) in [5, 5.41) is 0. The van der Waals surface area contributed by atoms with Gasteiger partial charge in [-0.25, -0.2) is 0 Å². The number of piperidine rings is 1. The summed E-state index contributed by atoms with van der Waals surface area (Å²) in [4.78, 5) is 2.10. The second kappa shape index (κ2) is 4.71. The number of rotatable bonds is 1. The van der Waals surface area contributed by atoms with E-state index in [4.69, 9.17) is 5.73 Å². The van der Waals surface area contributed by atoms with Crippen LogP contribution in [0.3, 0.4) is 0 Å². The maximum atomic E-state index is 12.5. The number of alkyl halides is 3. The van der Waals surface area contributed by atoms with Gasteiger partial charge in [0, 0.05) is 12.6 Å². The van der Waals surface area contributed by atoms with Gasteiger partial charge < -0.3 is 10.6 Å². The van der Waals surface area contributed by atoms with E-state index in [1.165, 1.54) is 6.07 Å². The number of nitrogens with zero attached hydrogens (tertiary/aromatic N) is 1. The second-order valence-corrected chi connectivity index (χ2v) is 4.81. The molecule has 100 valence electrons. The zero-order valence-electron chi connectivity index (χ0n) is 10.3. The Kier molecular flexibility index (Phi) is 3.41. The predicted molar refractivity (Wildman–Crippen MR) is 66.5 cm³/mol. The van der Waals surface area contributed by atoms with Crippen LogP contribution < -0.4 is 10.6 Å². The molecule has 1 heterocycles. The monoisotopic (exact) mass is 258 g/mol. The second-order valence-electron chi connectivity index (χ2n) is 4.81. The van der Waals surface area contributed by atoms with Crippen LogP contribution in [-0.2, 0) is 6.18 Å². The van der Waals surface area contributed by atoms with Crippen molar-refractivity contribution in [1.29, 1.82) is 0 Å². The van der Waals surface area contributed by atoms with Gasteiger partial charge in [0.1, 0.15) is 0 Å². The first kappa shape index (κ1) is 13.1.